The Morgan fingerprint density at radius 2 is 2.22 bits per heavy atom. The number of alkyl halides is 1. The quantitative estimate of drug-likeness (QED) is 0.605. The van der Waals surface area contributed by atoms with Gasteiger partial charge in [-0.25, -0.2) is 13.9 Å². The number of nitrogens with zero attached hydrogens (tertiary/aromatic N) is 4. The number of ether oxygens (including phenoxy) is 1. The summed E-state index contributed by atoms with van der Waals surface area (Å²) in [6.45, 7) is 5.27. The molecule has 0 spiro atoms. The summed E-state index contributed by atoms with van der Waals surface area (Å²) in [7, 11) is 0. The van der Waals surface area contributed by atoms with E-state index >= 15 is 0 Å². The highest BCUT2D eigenvalue weighted by Crippen LogP contribution is 2.32. The summed E-state index contributed by atoms with van der Waals surface area (Å²) in [6.07, 6.45) is -0.807. The lowest BCUT2D eigenvalue weighted by molar-refractivity contribution is -0.384. The molecule has 1 aliphatic rings. The summed E-state index contributed by atoms with van der Waals surface area (Å²) in [5.41, 5.74) is -1.03. The molecule has 2 atom stereocenters. The topological polar surface area (TPSA) is 90.5 Å². The van der Waals surface area contributed by atoms with Crippen LogP contribution in [0.4, 0.5) is 14.9 Å². The number of hydrogen-bond acceptors (Lipinski definition) is 5. The monoisotopic (exact) mass is 348 g/mol. The average molecular weight is 349 g/mol. The first kappa shape index (κ1) is 17.5. The molecule has 23 heavy (non-hydrogen) atoms. The molecule has 1 saturated heterocycles. The largest absolute Gasteiger partial charge is 0.444 e. The summed E-state index contributed by atoms with van der Waals surface area (Å²) in [5.74, 6) is 0. The Balaban J connectivity index is 2.07. The van der Waals surface area contributed by atoms with Crippen LogP contribution in [0.1, 0.15) is 33.2 Å². The standard InChI is InChI=1S/C13H18ClFN4O4/c1-13(2,3)23-12(20)17-5-4-9(8(15)7-17)18-11(14)10(6-16-18)19(21)22/h6,8-9H,4-5,7H2,1-3H3/t8-,9-/m0/s1. The molecule has 0 aliphatic carbocycles. The van der Waals surface area contributed by atoms with Crippen molar-refractivity contribution in [3.63, 3.8) is 0 Å². The molecule has 1 aromatic rings. The van der Waals surface area contributed by atoms with E-state index in [0.717, 1.165) is 10.9 Å². The van der Waals surface area contributed by atoms with Crippen LogP contribution in [0.15, 0.2) is 6.20 Å². The van der Waals surface area contributed by atoms with E-state index in [1.807, 2.05) is 0 Å². The van der Waals surface area contributed by atoms with E-state index in [0.29, 0.717) is 0 Å². The first-order valence-corrected chi connectivity index (χ1v) is 7.47. The van der Waals surface area contributed by atoms with Gasteiger partial charge in [-0.3, -0.25) is 10.1 Å². The summed E-state index contributed by atoms with van der Waals surface area (Å²) < 4.78 is 20.7. The van der Waals surface area contributed by atoms with Gasteiger partial charge in [-0.05, 0) is 27.2 Å². The number of halogens is 2. The van der Waals surface area contributed by atoms with Crippen molar-refractivity contribution in [3.8, 4) is 0 Å². The maximum Gasteiger partial charge on any atom is 0.410 e. The second-order valence-electron chi connectivity index (χ2n) is 6.32. The van der Waals surface area contributed by atoms with Gasteiger partial charge in [-0.1, -0.05) is 11.6 Å². The van der Waals surface area contributed by atoms with Crippen molar-refractivity contribution in [1.29, 1.82) is 0 Å². The van der Waals surface area contributed by atoms with Crippen molar-refractivity contribution >= 4 is 23.4 Å². The molecule has 0 bridgehead atoms. The predicted molar refractivity (Wildman–Crippen MR) is 80.2 cm³/mol. The van der Waals surface area contributed by atoms with Crippen molar-refractivity contribution in [3.05, 3.63) is 21.5 Å². The normalized spacial score (nSPS) is 22.0. The molecule has 0 saturated carbocycles. The fourth-order valence-electron chi connectivity index (χ4n) is 2.35. The van der Waals surface area contributed by atoms with E-state index in [9.17, 15) is 19.3 Å². The molecule has 1 aromatic heterocycles. The molecule has 128 valence electrons. The lowest BCUT2D eigenvalue weighted by Crippen LogP contribution is -2.47. The Kier molecular flexibility index (Phi) is 4.79. The number of aromatic nitrogens is 2. The first-order valence-electron chi connectivity index (χ1n) is 7.09. The molecule has 0 unspecified atom stereocenters. The second kappa shape index (κ2) is 6.31. The van der Waals surface area contributed by atoms with Crippen LogP contribution in [0.5, 0.6) is 0 Å². The first-order chi connectivity index (χ1) is 10.6. The molecular formula is C13H18ClFN4O4. The minimum Gasteiger partial charge on any atom is -0.444 e. The van der Waals surface area contributed by atoms with Crippen molar-refractivity contribution in [2.45, 2.75) is 45.0 Å². The summed E-state index contributed by atoms with van der Waals surface area (Å²) in [5, 5.41) is 14.4. The molecular weight excluding hydrogens is 331 g/mol. The van der Waals surface area contributed by atoms with Gasteiger partial charge in [0, 0.05) is 6.54 Å². The van der Waals surface area contributed by atoms with Crippen molar-refractivity contribution in [2.24, 2.45) is 0 Å². The lowest BCUT2D eigenvalue weighted by Gasteiger charge is -2.35. The molecule has 1 fully saturated rings. The highest BCUT2D eigenvalue weighted by atomic mass is 35.5. The summed E-state index contributed by atoms with van der Waals surface area (Å²) in [6, 6.07) is -0.755. The third-order valence-electron chi connectivity index (χ3n) is 3.39. The highest BCUT2D eigenvalue weighted by Gasteiger charge is 2.37. The Hall–Kier alpha value is -1.90. The minimum absolute atomic E-state index is 0.177. The number of piperidine rings is 1. The number of amides is 1. The van der Waals surface area contributed by atoms with E-state index in [-0.39, 0.29) is 30.4 Å². The fourth-order valence-corrected chi connectivity index (χ4v) is 2.64. The molecule has 8 nitrogen and oxygen atoms in total. The van der Waals surface area contributed by atoms with Crippen LogP contribution in [0.2, 0.25) is 5.15 Å². The zero-order chi connectivity index (χ0) is 17.4. The van der Waals surface area contributed by atoms with Gasteiger partial charge in [0.05, 0.1) is 17.5 Å². The molecule has 1 amide bonds. The third kappa shape index (κ3) is 3.90. The number of rotatable bonds is 2. The minimum atomic E-state index is -1.45. The van der Waals surface area contributed by atoms with Gasteiger partial charge >= 0.3 is 11.8 Å². The van der Waals surface area contributed by atoms with E-state index < -0.39 is 28.8 Å². The predicted octanol–water partition coefficient (Wildman–Crippen LogP) is 2.96. The molecule has 0 aromatic carbocycles. The van der Waals surface area contributed by atoms with E-state index in [4.69, 9.17) is 16.3 Å². The van der Waals surface area contributed by atoms with Crippen LogP contribution < -0.4 is 0 Å². The van der Waals surface area contributed by atoms with Crippen LogP contribution in [0, 0.1) is 10.1 Å². The Morgan fingerprint density at radius 3 is 2.70 bits per heavy atom. The molecule has 1 aliphatic heterocycles. The van der Waals surface area contributed by atoms with E-state index in [1.54, 1.807) is 20.8 Å². The van der Waals surface area contributed by atoms with Gasteiger partial charge in [-0.15, -0.1) is 0 Å². The van der Waals surface area contributed by atoms with Crippen LogP contribution in [0.3, 0.4) is 0 Å². The Labute approximate surface area is 137 Å². The molecule has 10 heteroatoms. The van der Waals surface area contributed by atoms with Gasteiger partial charge in [-0.2, -0.15) is 5.10 Å². The van der Waals surface area contributed by atoms with Crippen LogP contribution in [0.25, 0.3) is 0 Å². The smallest absolute Gasteiger partial charge is 0.410 e. The molecule has 2 heterocycles. The van der Waals surface area contributed by atoms with Gasteiger partial charge in [0.25, 0.3) is 0 Å². The van der Waals surface area contributed by atoms with E-state index in [1.165, 1.54) is 4.90 Å². The van der Waals surface area contributed by atoms with Crippen LogP contribution in [-0.2, 0) is 4.74 Å². The van der Waals surface area contributed by atoms with Crippen LogP contribution >= 0.6 is 11.6 Å². The van der Waals surface area contributed by atoms with Gasteiger partial charge in [0.15, 0.2) is 0 Å². The molecule has 0 N–H and O–H groups in total. The Bertz CT molecular complexity index is 616. The second-order valence-corrected chi connectivity index (χ2v) is 6.68. The van der Waals surface area contributed by atoms with Gasteiger partial charge in [0.2, 0.25) is 5.15 Å². The number of carbonyl (C=O) groups is 1. The third-order valence-corrected chi connectivity index (χ3v) is 3.75. The number of carbonyl (C=O) groups excluding carboxylic acids is 1. The average Bonchev–Trinajstić information content (AvgIpc) is 2.78. The SMILES string of the molecule is CC(C)(C)OC(=O)N1CC[C@H](n2ncc([N+](=O)[O-])c2Cl)[C@@H](F)C1. The maximum atomic E-state index is 14.4. The number of nitro groups is 1. The van der Waals surface area contributed by atoms with Gasteiger partial charge < -0.3 is 9.64 Å². The fraction of sp³-hybridized carbons (Fsp3) is 0.692. The van der Waals surface area contributed by atoms with Crippen molar-refractivity contribution in [2.75, 3.05) is 13.1 Å². The highest BCUT2D eigenvalue weighted by molar-refractivity contribution is 6.31. The molecule has 0 radical (unpaired) electrons. The van der Waals surface area contributed by atoms with Crippen LogP contribution in [-0.4, -0.2) is 50.6 Å². The zero-order valence-corrected chi connectivity index (χ0v) is 13.8. The maximum absolute atomic E-state index is 14.4. The number of likely N-dealkylation sites (tertiary alicyclic amines) is 1. The van der Waals surface area contributed by atoms with Crippen molar-refractivity contribution < 1.29 is 18.8 Å². The lowest BCUT2D eigenvalue weighted by atomic mass is 10.0. The molecule has 2 rings (SSSR count). The van der Waals surface area contributed by atoms with Crippen molar-refractivity contribution in [1.82, 2.24) is 14.7 Å². The van der Waals surface area contributed by atoms with E-state index in [2.05, 4.69) is 5.10 Å². The summed E-state index contributed by atoms with van der Waals surface area (Å²) >= 11 is 5.89. The summed E-state index contributed by atoms with van der Waals surface area (Å²) in [4.78, 5) is 23.3. The number of hydrogen-bond donors (Lipinski definition) is 0. The zero-order valence-electron chi connectivity index (χ0n) is 13.0. The van der Waals surface area contributed by atoms with Gasteiger partial charge in [0.1, 0.15) is 18.0 Å². The Morgan fingerprint density at radius 1 is 1.57 bits per heavy atom.